The Labute approximate surface area is 117 Å². The quantitative estimate of drug-likeness (QED) is 0.913. The molecule has 1 saturated carbocycles. The number of hydrogen-bond acceptors (Lipinski definition) is 4. The molecule has 5 nitrogen and oxygen atoms in total. The fourth-order valence-corrected chi connectivity index (χ4v) is 2.90. The summed E-state index contributed by atoms with van der Waals surface area (Å²) in [5, 5.41) is 7.77. The van der Waals surface area contributed by atoms with Crippen LogP contribution in [0.5, 0.6) is 0 Å². The lowest BCUT2D eigenvalue weighted by Gasteiger charge is -2.27. The van der Waals surface area contributed by atoms with Crippen molar-refractivity contribution in [2.45, 2.75) is 45.6 Å². The zero-order valence-electron chi connectivity index (χ0n) is 11.8. The van der Waals surface area contributed by atoms with Crippen LogP contribution in [0, 0.1) is 12.8 Å². The topological polar surface area (TPSA) is 68.0 Å². The van der Waals surface area contributed by atoms with E-state index >= 15 is 0 Å². The lowest BCUT2D eigenvalue weighted by atomic mass is 9.87. The highest BCUT2D eigenvalue weighted by Crippen LogP contribution is 2.24. The average Bonchev–Trinajstić information content (AvgIpc) is 2.80. The van der Waals surface area contributed by atoms with E-state index in [1.807, 2.05) is 6.92 Å². The Hall–Kier alpha value is -1.91. The molecule has 5 heteroatoms. The van der Waals surface area contributed by atoms with Crippen molar-refractivity contribution < 1.29 is 9.32 Å². The predicted molar refractivity (Wildman–Crippen MR) is 75.4 cm³/mol. The van der Waals surface area contributed by atoms with Crippen LogP contribution in [0.2, 0.25) is 0 Å². The highest BCUT2D eigenvalue weighted by atomic mass is 16.5. The summed E-state index contributed by atoms with van der Waals surface area (Å²) in [6.07, 6.45) is 6.13. The minimum Gasteiger partial charge on any atom is -0.349 e. The maximum atomic E-state index is 12.3. The van der Waals surface area contributed by atoms with Gasteiger partial charge >= 0.3 is 0 Å². The first kappa shape index (κ1) is 13.1. The van der Waals surface area contributed by atoms with Crippen LogP contribution in [0.1, 0.15) is 48.7 Å². The molecule has 0 aromatic carbocycles. The molecule has 0 aliphatic heterocycles. The van der Waals surface area contributed by atoms with Crippen molar-refractivity contribution in [2.75, 3.05) is 0 Å². The fourth-order valence-electron chi connectivity index (χ4n) is 2.90. The van der Waals surface area contributed by atoms with Gasteiger partial charge in [-0.3, -0.25) is 4.79 Å². The number of nitrogens with one attached hydrogen (secondary N) is 1. The van der Waals surface area contributed by atoms with Gasteiger partial charge in [0.25, 0.3) is 11.6 Å². The third kappa shape index (κ3) is 2.53. The average molecular weight is 273 g/mol. The van der Waals surface area contributed by atoms with E-state index in [1.54, 1.807) is 12.3 Å². The Bertz CT molecular complexity index is 635. The zero-order chi connectivity index (χ0) is 14.1. The van der Waals surface area contributed by atoms with Gasteiger partial charge in [-0.15, -0.1) is 0 Å². The van der Waals surface area contributed by atoms with Crippen LogP contribution in [-0.4, -0.2) is 22.1 Å². The number of hydrogen-bond donors (Lipinski definition) is 1. The van der Waals surface area contributed by atoms with Crippen LogP contribution in [-0.2, 0) is 0 Å². The van der Waals surface area contributed by atoms with Gasteiger partial charge in [-0.2, -0.15) is 0 Å². The van der Waals surface area contributed by atoms with Crippen molar-refractivity contribution in [3.8, 4) is 0 Å². The second kappa shape index (κ2) is 5.23. The van der Waals surface area contributed by atoms with Crippen molar-refractivity contribution in [1.82, 2.24) is 15.5 Å². The molecule has 3 rings (SSSR count). The van der Waals surface area contributed by atoms with E-state index in [1.165, 1.54) is 12.8 Å². The number of fused-ring (bicyclic) bond motifs is 1. The van der Waals surface area contributed by atoms with Crippen molar-refractivity contribution in [2.24, 2.45) is 5.92 Å². The molecule has 1 fully saturated rings. The lowest BCUT2D eigenvalue weighted by Crippen LogP contribution is -2.38. The third-order valence-electron chi connectivity index (χ3n) is 4.04. The van der Waals surface area contributed by atoms with Gasteiger partial charge in [-0.05, 0) is 31.7 Å². The molecule has 1 aliphatic carbocycles. The van der Waals surface area contributed by atoms with Gasteiger partial charge in [0.2, 0.25) is 0 Å². The highest BCUT2D eigenvalue weighted by molar-refractivity contribution is 5.97. The van der Waals surface area contributed by atoms with Crippen LogP contribution in [0.15, 0.2) is 16.8 Å². The van der Waals surface area contributed by atoms with E-state index in [0.29, 0.717) is 17.2 Å². The Balaban J connectivity index is 1.76. The van der Waals surface area contributed by atoms with Gasteiger partial charge in [0.1, 0.15) is 0 Å². The summed E-state index contributed by atoms with van der Waals surface area (Å²) >= 11 is 0. The van der Waals surface area contributed by atoms with Crippen LogP contribution in [0.25, 0.3) is 11.1 Å². The highest BCUT2D eigenvalue weighted by Gasteiger charge is 2.21. The maximum Gasteiger partial charge on any atom is 0.257 e. The van der Waals surface area contributed by atoms with E-state index in [-0.39, 0.29) is 11.9 Å². The van der Waals surface area contributed by atoms with E-state index in [0.717, 1.165) is 23.9 Å². The molecule has 2 unspecified atom stereocenters. The molecule has 0 spiro atoms. The van der Waals surface area contributed by atoms with E-state index in [9.17, 15) is 4.79 Å². The Morgan fingerprint density at radius 3 is 3.10 bits per heavy atom. The molecule has 0 bridgehead atoms. The molecular weight excluding hydrogens is 254 g/mol. The SMILES string of the molecule is Cc1noc2ncc(C(=O)NC3CCCC(C)C3)cc12. The van der Waals surface area contributed by atoms with E-state index in [4.69, 9.17) is 4.52 Å². The number of pyridine rings is 1. The molecule has 2 heterocycles. The van der Waals surface area contributed by atoms with Crippen LogP contribution in [0.4, 0.5) is 0 Å². The van der Waals surface area contributed by atoms with Crippen molar-refractivity contribution in [1.29, 1.82) is 0 Å². The molecule has 1 N–H and O–H groups in total. The van der Waals surface area contributed by atoms with E-state index < -0.39 is 0 Å². The second-order valence-corrected chi connectivity index (χ2v) is 5.79. The third-order valence-corrected chi connectivity index (χ3v) is 4.04. The molecule has 2 atom stereocenters. The first-order valence-corrected chi connectivity index (χ1v) is 7.16. The summed E-state index contributed by atoms with van der Waals surface area (Å²) < 4.78 is 5.05. The Morgan fingerprint density at radius 1 is 1.45 bits per heavy atom. The smallest absolute Gasteiger partial charge is 0.257 e. The lowest BCUT2D eigenvalue weighted by molar-refractivity contribution is 0.0921. The van der Waals surface area contributed by atoms with Gasteiger partial charge in [0.05, 0.1) is 16.6 Å². The Morgan fingerprint density at radius 2 is 2.30 bits per heavy atom. The van der Waals surface area contributed by atoms with Gasteiger partial charge in [-0.1, -0.05) is 24.9 Å². The molecule has 0 saturated heterocycles. The number of amides is 1. The normalized spacial score (nSPS) is 22.9. The summed E-state index contributed by atoms with van der Waals surface area (Å²) in [5.41, 5.74) is 1.81. The number of aromatic nitrogens is 2. The second-order valence-electron chi connectivity index (χ2n) is 5.79. The largest absolute Gasteiger partial charge is 0.349 e. The minimum absolute atomic E-state index is 0.0564. The number of aryl methyl sites for hydroxylation is 1. The standard InChI is InChI=1S/C15H19N3O2/c1-9-4-3-5-12(6-9)17-14(19)11-7-13-10(2)18-20-15(13)16-8-11/h7-9,12H,3-6H2,1-2H3,(H,17,19). The van der Waals surface area contributed by atoms with Crippen molar-refractivity contribution in [3.05, 3.63) is 23.5 Å². The molecule has 0 radical (unpaired) electrons. The van der Waals surface area contributed by atoms with Crippen molar-refractivity contribution in [3.63, 3.8) is 0 Å². The minimum atomic E-state index is -0.0564. The molecule has 2 aromatic rings. The number of carbonyl (C=O) groups is 1. The molecule has 2 aromatic heterocycles. The molecular formula is C15H19N3O2. The fraction of sp³-hybridized carbons (Fsp3) is 0.533. The maximum absolute atomic E-state index is 12.3. The van der Waals surface area contributed by atoms with E-state index in [2.05, 4.69) is 22.4 Å². The summed E-state index contributed by atoms with van der Waals surface area (Å²) in [4.78, 5) is 16.4. The molecule has 1 aliphatic rings. The van der Waals surface area contributed by atoms with Gasteiger partial charge in [0, 0.05) is 12.2 Å². The number of nitrogens with zero attached hydrogens (tertiary/aromatic N) is 2. The van der Waals surface area contributed by atoms with Crippen molar-refractivity contribution >= 4 is 17.0 Å². The summed E-state index contributed by atoms with van der Waals surface area (Å²) in [5.74, 6) is 0.633. The number of rotatable bonds is 2. The monoisotopic (exact) mass is 273 g/mol. The van der Waals surface area contributed by atoms with Crippen LogP contribution >= 0.6 is 0 Å². The van der Waals surface area contributed by atoms with Crippen LogP contribution in [0.3, 0.4) is 0 Å². The number of carbonyl (C=O) groups excluding carboxylic acids is 1. The summed E-state index contributed by atoms with van der Waals surface area (Å²) in [6.45, 7) is 4.09. The van der Waals surface area contributed by atoms with Gasteiger partial charge in [-0.25, -0.2) is 4.98 Å². The first-order valence-electron chi connectivity index (χ1n) is 7.16. The first-order chi connectivity index (χ1) is 9.63. The zero-order valence-corrected chi connectivity index (χ0v) is 11.8. The summed E-state index contributed by atoms with van der Waals surface area (Å²) in [7, 11) is 0. The predicted octanol–water partition coefficient (Wildman–Crippen LogP) is 2.84. The van der Waals surface area contributed by atoms with Crippen LogP contribution < -0.4 is 5.32 Å². The molecule has 1 amide bonds. The molecule has 20 heavy (non-hydrogen) atoms. The van der Waals surface area contributed by atoms with Gasteiger partial charge < -0.3 is 9.84 Å². The summed E-state index contributed by atoms with van der Waals surface area (Å²) in [6, 6.07) is 2.08. The molecule has 106 valence electrons. The Kier molecular flexibility index (Phi) is 3.42. The van der Waals surface area contributed by atoms with Gasteiger partial charge in [0.15, 0.2) is 0 Å².